The number of aliphatic hydroxyl groups is 2. The topological polar surface area (TPSA) is 103 Å². The lowest BCUT2D eigenvalue weighted by molar-refractivity contribution is -0.148. The standard InChI is InChI=1S/C25H35N3O5/c1-25(2,3)33-24(31)27-21-10-6-7-11-22(21)32-17-23(30)26-14-20(29)16-28-13-12-18-8-4-5-9-19(18)15-28/h4-11,20,24,27,29,31H,12-17H2,1-3H3,(H,26,30). The fourth-order valence-electron chi connectivity index (χ4n) is 3.71. The minimum atomic E-state index is -1.22. The average molecular weight is 458 g/mol. The predicted molar refractivity (Wildman–Crippen MR) is 127 cm³/mol. The molecular weight excluding hydrogens is 422 g/mol. The summed E-state index contributed by atoms with van der Waals surface area (Å²) in [6.07, 6.45) is -0.926. The monoisotopic (exact) mass is 457 g/mol. The van der Waals surface area contributed by atoms with Gasteiger partial charge in [-0.15, -0.1) is 0 Å². The Morgan fingerprint density at radius 3 is 2.55 bits per heavy atom. The van der Waals surface area contributed by atoms with Crippen LogP contribution in [0.3, 0.4) is 0 Å². The maximum absolute atomic E-state index is 12.2. The normalized spacial score (nSPS) is 15.9. The highest BCUT2D eigenvalue weighted by atomic mass is 16.6. The van der Waals surface area contributed by atoms with Crippen molar-refractivity contribution in [1.29, 1.82) is 0 Å². The first kappa shape index (κ1) is 25.0. The van der Waals surface area contributed by atoms with Crippen LogP contribution >= 0.6 is 0 Å². The van der Waals surface area contributed by atoms with E-state index in [0.29, 0.717) is 18.0 Å². The highest BCUT2D eigenvalue weighted by molar-refractivity contribution is 5.77. The number of nitrogens with zero attached hydrogens (tertiary/aromatic N) is 1. The number of amides is 1. The molecule has 8 nitrogen and oxygen atoms in total. The summed E-state index contributed by atoms with van der Waals surface area (Å²) in [5.74, 6) is 0.0797. The molecule has 0 saturated heterocycles. The number of aliphatic hydroxyl groups excluding tert-OH is 2. The summed E-state index contributed by atoms with van der Waals surface area (Å²) in [6, 6.07) is 15.3. The third-order valence-electron chi connectivity index (χ3n) is 5.20. The summed E-state index contributed by atoms with van der Waals surface area (Å²) in [4.78, 5) is 14.4. The van der Waals surface area contributed by atoms with E-state index in [-0.39, 0.29) is 19.1 Å². The number of benzene rings is 2. The van der Waals surface area contributed by atoms with Gasteiger partial charge >= 0.3 is 0 Å². The van der Waals surface area contributed by atoms with Crippen LogP contribution in [0.2, 0.25) is 0 Å². The van der Waals surface area contributed by atoms with E-state index < -0.39 is 18.1 Å². The number of β-amino-alcohol motifs (C(OH)–C–C–N with tert-alkyl or cyclic N) is 1. The van der Waals surface area contributed by atoms with Gasteiger partial charge in [-0.3, -0.25) is 9.69 Å². The van der Waals surface area contributed by atoms with Gasteiger partial charge in [0.05, 0.1) is 17.4 Å². The van der Waals surface area contributed by atoms with E-state index in [0.717, 1.165) is 19.5 Å². The van der Waals surface area contributed by atoms with E-state index in [4.69, 9.17) is 9.47 Å². The molecule has 0 radical (unpaired) electrons. The number of nitrogens with one attached hydrogen (secondary N) is 2. The van der Waals surface area contributed by atoms with Gasteiger partial charge < -0.3 is 30.3 Å². The Kier molecular flexibility index (Phi) is 8.68. The van der Waals surface area contributed by atoms with Gasteiger partial charge in [0.15, 0.2) is 6.61 Å². The Hall–Kier alpha value is -2.65. The first-order valence-corrected chi connectivity index (χ1v) is 11.3. The van der Waals surface area contributed by atoms with Crippen molar-refractivity contribution in [3.05, 3.63) is 59.7 Å². The summed E-state index contributed by atoms with van der Waals surface area (Å²) < 4.78 is 11.1. The third kappa shape index (κ3) is 8.33. The van der Waals surface area contributed by atoms with Gasteiger partial charge in [0.1, 0.15) is 5.75 Å². The van der Waals surface area contributed by atoms with Crippen LogP contribution in [0.25, 0.3) is 0 Å². The number of carbonyl (C=O) groups is 1. The second-order valence-electron chi connectivity index (χ2n) is 9.22. The van der Waals surface area contributed by atoms with Gasteiger partial charge in [-0.25, -0.2) is 0 Å². The van der Waals surface area contributed by atoms with E-state index in [2.05, 4.69) is 33.7 Å². The van der Waals surface area contributed by atoms with Crippen LogP contribution in [0.5, 0.6) is 5.75 Å². The van der Waals surface area contributed by atoms with Crippen molar-refractivity contribution < 1.29 is 24.5 Å². The van der Waals surface area contributed by atoms with Gasteiger partial charge in [0.2, 0.25) is 6.41 Å². The van der Waals surface area contributed by atoms with Crippen LogP contribution in [-0.2, 0) is 22.5 Å². The van der Waals surface area contributed by atoms with Gasteiger partial charge in [-0.05, 0) is 50.5 Å². The molecule has 1 aliphatic rings. The quantitative estimate of drug-likeness (QED) is 0.405. The molecule has 2 aromatic rings. The smallest absolute Gasteiger partial charge is 0.258 e. The number of rotatable bonds is 10. The molecule has 0 aliphatic carbocycles. The van der Waals surface area contributed by atoms with Crippen LogP contribution in [0, 0.1) is 0 Å². The van der Waals surface area contributed by atoms with Gasteiger partial charge in [0.25, 0.3) is 5.91 Å². The van der Waals surface area contributed by atoms with Crippen molar-refractivity contribution in [2.24, 2.45) is 0 Å². The predicted octanol–water partition coefficient (Wildman–Crippen LogP) is 2.10. The Labute approximate surface area is 195 Å². The number of anilines is 1. The maximum Gasteiger partial charge on any atom is 0.258 e. The van der Waals surface area contributed by atoms with Crippen LogP contribution in [0.1, 0.15) is 31.9 Å². The molecule has 0 spiro atoms. The summed E-state index contributed by atoms with van der Waals surface area (Å²) in [7, 11) is 0. The zero-order valence-corrected chi connectivity index (χ0v) is 19.6. The largest absolute Gasteiger partial charge is 0.482 e. The van der Waals surface area contributed by atoms with Crippen molar-refractivity contribution >= 4 is 11.6 Å². The van der Waals surface area contributed by atoms with E-state index in [1.54, 1.807) is 24.3 Å². The van der Waals surface area contributed by atoms with E-state index in [1.165, 1.54) is 11.1 Å². The molecule has 2 aromatic carbocycles. The lowest BCUT2D eigenvalue weighted by Crippen LogP contribution is -2.42. The fraction of sp³-hybridized carbons (Fsp3) is 0.480. The first-order chi connectivity index (χ1) is 15.7. The molecule has 2 unspecified atom stereocenters. The molecule has 0 saturated carbocycles. The van der Waals surface area contributed by atoms with Crippen LogP contribution in [-0.4, -0.2) is 65.4 Å². The van der Waals surface area contributed by atoms with Crippen molar-refractivity contribution in [3.8, 4) is 5.75 Å². The molecule has 0 bridgehead atoms. The average Bonchev–Trinajstić information content (AvgIpc) is 2.75. The Morgan fingerprint density at radius 2 is 1.79 bits per heavy atom. The second-order valence-corrected chi connectivity index (χ2v) is 9.22. The number of fused-ring (bicyclic) bond motifs is 1. The zero-order valence-electron chi connectivity index (χ0n) is 19.6. The van der Waals surface area contributed by atoms with Gasteiger partial charge in [-0.1, -0.05) is 36.4 Å². The van der Waals surface area contributed by atoms with Crippen molar-refractivity contribution in [2.75, 3.05) is 31.6 Å². The molecule has 2 atom stereocenters. The molecule has 1 heterocycles. The lowest BCUT2D eigenvalue weighted by atomic mass is 10.00. The number of para-hydroxylation sites is 2. The maximum atomic E-state index is 12.2. The van der Waals surface area contributed by atoms with Gasteiger partial charge in [0, 0.05) is 26.2 Å². The highest BCUT2D eigenvalue weighted by Crippen LogP contribution is 2.25. The minimum absolute atomic E-state index is 0.151. The van der Waals surface area contributed by atoms with Crippen LogP contribution in [0.15, 0.2) is 48.5 Å². The van der Waals surface area contributed by atoms with E-state index in [1.807, 2.05) is 26.8 Å². The van der Waals surface area contributed by atoms with Gasteiger partial charge in [-0.2, -0.15) is 0 Å². The molecular formula is C25H35N3O5. The summed E-state index contributed by atoms with van der Waals surface area (Å²) in [6.45, 7) is 7.64. The van der Waals surface area contributed by atoms with Crippen molar-refractivity contribution in [1.82, 2.24) is 10.2 Å². The number of hydrogen-bond donors (Lipinski definition) is 4. The van der Waals surface area contributed by atoms with E-state index in [9.17, 15) is 15.0 Å². The summed E-state index contributed by atoms with van der Waals surface area (Å²) >= 11 is 0. The SMILES string of the molecule is CC(C)(C)OC(O)Nc1ccccc1OCC(=O)NCC(O)CN1CCc2ccccc2C1. The molecule has 3 rings (SSSR count). The summed E-state index contributed by atoms with van der Waals surface area (Å²) in [5.41, 5.74) is 2.63. The Morgan fingerprint density at radius 1 is 1.09 bits per heavy atom. The molecule has 0 fully saturated rings. The van der Waals surface area contributed by atoms with E-state index >= 15 is 0 Å². The number of carbonyl (C=O) groups excluding carboxylic acids is 1. The Balaban J connectivity index is 1.41. The molecule has 0 aromatic heterocycles. The molecule has 33 heavy (non-hydrogen) atoms. The van der Waals surface area contributed by atoms with Crippen LogP contribution < -0.4 is 15.4 Å². The lowest BCUT2D eigenvalue weighted by Gasteiger charge is -2.30. The minimum Gasteiger partial charge on any atom is -0.482 e. The van der Waals surface area contributed by atoms with Crippen LogP contribution in [0.4, 0.5) is 5.69 Å². The molecule has 8 heteroatoms. The Bertz CT molecular complexity index is 915. The fourth-order valence-corrected chi connectivity index (χ4v) is 3.71. The zero-order chi connectivity index (χ0) is 23.8. The third-order valence-corrected chi connectivity index (χ3v) is 5.20. The molecule has 4 N–H and O–H groups in total. The molecule has 1 amide bonds. The number of ether oxygens (including phenoxy) is 2. The molecule has 180 valence electrons. The first-order valence-electron chi connectivity index (χ1n) is 11.3. The second kappa shape index (κ2) is 11.5. The highest BCUT2D eigenvalue weighted by Gasteiger charge is 2.20. The summed E-state index contributed by atoms with van der Waals surface area (Å²) in [5, 5.41) is 26.0. The number of hydrogen-bond acceptors (Lipinski definition) is 7. The molecule has 1 aliphatic heterocycles. The van der Waals surface area contributed by atoms with Crippen molar-refractivity contribution in [3.63, 3.8) is 0 Å². The van der Waals surface area contributed by atoms with Crippen molar-refractivity contribution in [2.45, 2.75) is 51.9 Å².